The summed E-state index contributed by atoms with van der Waals surface area (Å²) in [5.41, 5.74) is 7.27. The minimum Gasteiger partial charge on any atom is -0.496 e. The highest BCUT2D eigenvalue weighted by Gasteiger charge is 2.19. The van der Waals surface area contributed by atoms with E-state index < -0.39 is 0 Å². The minimum absolute atomic E-state index is 0.0105. The average molecular weight is 242 g/mol. The standard InChI is InChI=1S/C13H20ClNO/c1-4-9(5-2)13(15)11-8-10(14)6-7-12(11)16-3/h6-9,13H,4-5,15H2,1-3H3. The van der Waals surface area contributed by atoms with Crippen LogP contribution in [-0.2, 0) is 0 Å². The second kappa shape index (κ2) is 6.12. The molecule has 16 heavy (non-hydrogen) atoms. The third-order valence-corrected chi connectivity index (χ3v) is 3.34. The molecule has 1 aromatic rings. The van der Waals surface area contributed by atoms with E-state index in [1.807, 2.05) is 18.2 Å². The van der Waals surface area contributed by atoms with Gasteiger partial charge in [0.25, 0.3) is 0 Å². The van der Waals surface area contributed by atoms with E-state index in [9.17, 15) is 0 Å². The van der Waals surface area contributed by atoms with Gasteiger partial charge in [-0.15, -0.1) is 0 Å². The summed E-state index contributed by atoms with van der Waals surface area (Å²) < 4.78 is 5.32. The summed E-state index contributed by atoms with van der Waals surface area (Å²) >= 11 is 6.00. The van der Waals surface area contributed by atoms with Gasteiger partial charge >= 0.3 is 0 Å². The zero-order valence-corrected chi connectivity index (χ0v) is 10.9. The lowest BCUT2D eigenvalue weighted by molar-refractivity contribution is 0.371. The monoisotopic (exact) mass is 241 g/mol. The van der Waals surface area contributed by atoms with Gasteiger partial charge in [0, 0.05) is 16.6 Å². The van der Waals surface area contributed by atoms with Crippen LogP contribution in [0.2, 0.25) is 5.02 Å². The Morgan fingerprint density at radius 3 is 2.44 bits per heavy atom. The average Bonchev–Trinajstić information content (AvgIpc) is 2.30. The van der Waals surface area contributed by atoms with E-state index in [4.69, 9.17) is 22.1 Å². The first-order valence-corrected chi connectivity index (χ1v) is 6.10. The second-order valence-electron chi connectivity index (χ2n) is 3.99. The Bertz CT molecular complexity index is 337. The van der Waals surface area contributed by atoms with Crippen molar-refractivity contribution in [2.75, 3.05) is 7.11 Å². The van der Waals surface area contributed by atoms with Gasteiger partial charge < -0.3 is 10.5 Å². The zero-order valence-electron chi connectivity index (χ0n) is 10.2. The van der Waals surface area contributed by atoms with Crippen LogP contribution in [0.15, 0.2) is 18.2 Å². The molecule has 1 atom stereocenters. The van der Waals surface area contributed by atoms with E-state index in [0.29, 0.717) is 10.9 Å². The van der Waals surface area contributed by atoms with E-state index in [0.717, 1.165) is 24.2 Å². The molecule has 1 aromatic carbocycles. The predicted molar refractivity (Wildman–Crippen MR) is 69.0 cm³/mol. The summed E-state index contributed by atoms with van der Waals surface area (Å²) in [7, 11) is 1.66. The largest absolute Gasteiger partial charge is 0.496 e. The van der Waals surface area contributed by atoms with Crippen molar-refractivity contribution in [2.24, 2.45) is 11.7 Å². The molecule has 0 aromatic heterocycles. The van der Waals surface area contributed by atoms with Crippen LogP contribution in [0.1, 0.15) is 38.3 Å². The summed E-state index contributed by atoms with van der Waals surface area (Å²) in [4.78, 5) is 0. The lowest BCUT2D eigenvalue weighted by atomic mass is 9.89. The number of halogens is 1. The third kappa shape index (κ3) is 2.89. The summed E-state index contributed by atoms with van der Waals surface area (Å²) in [6.45, 7) is 4.32. The number of methoxy groups -OCH3 is 1. The Morgan fingerprint density at radius 1 is 1.31 bits per heavy atom. The molecule has 0 amide bonds. The van der Waals surface area contributed by atoms with Gasteiger partial charge in [-0.2, -0.15) is 0 Å². The molecule has 90 valence electrons. The first kappa shape index (κ1) is 13.3. The molecular formula is C13H20ClNO. The predicted octanol–water partition coefficient (Wildman–Crippen LogP) is 3.78. The van der Waals surface area contributed by atoms with Gasteiger partial charge in [-0.1, -0.05) is 38.3 Å². The SMILES string of the molecule is CCC(CC)C(N)c1cc(Cl)ccc1OC. The maximum Gasteiger partial charge on any atom is 0.123 e. The van der Waals surface area contributed by atoms with E-state index in [1.165, 1.54) is 0 Å². The Labute approximate surface area is 103 Å². The fourth-order valence-electron chi connectivity index (χ4n) is 2.02. The van der Waals surface area contributed by atoms with Crippen molar-refractivity contribution in [2.45, 2.75) is 32.7 Å². The summed E-state index contributed by atoms with van der Waals surface area (Å²) in [6.07, 6.45) is 2.13. The maximum absolute atomic E-state index is 6.27. The first-order valence-electron chi connectivity index (χ1n) is 5.73. The van der Waals surface area contributed by atoms with Gasteiger partial charge in [-0.3, -0.25) is 0 Å². The number of nitrogens with two attached hydrogens (primary N) is 1. The Morgan fingerprint density at radius 2 is 1.94 bits per heavy atom. The van der Waals surface area contributed by atoms with Gasteiger partial charge in [-0.05, 0) is 24.1 Å². The second-order valence-corrected chi connectivity index (χ2v) is 4.43. The number of ether oxygens (including phenoxy) is 1. The molecule has 0 bridgehead atoms. The molecule has 0 radical (unpaired) electrons. The molecule has 0 aliphatic rings. The molecule has 0 saturated heterocycles. The first-order chi connectivity index (χ1) is 7.63. The number of rotatable bonds is 5. The minimum atomic E-state index is -0.0105. The Balaban J connectivity index is 3.04. The van der Waals surface area contributed by atoms with E-state index in [1.54, 1.807) is 7.11 Å². The van der Waals surface area contributed by atoms with Crippen molar-refractivity contribution < 1.29 is 4.74 Å². The van der Waals surface area contributed by atoms with Gasteiger partial charge in [0.2, 0.25) is 0 Å². The molecule has 0 spiro atoms. The van der Waals surface area contributed by atoms with Crippen LogP contribution in [0.5, 0.6) is 5.75 Å². The quantitative estimate of drug-likeness (QED) is 0.852. The van der Waals surface area contributed by atoms with Crippen LogP contribution in [0, 0.1) is 5.92 Å². The van der Waals surface area contributed by atoms with Gasteiger partial charge in [0.15, 0.2) is 0 Å². The molecule has 0 fully saturated rings. The Kier molecular flexibility index (Phi) is 5.10. The third-order valence-electron chi connectivity index (χ3n) is 3.11. The number of hydrogen-bond donors (Lipinski definition) is 1. The van der Waals surface area contributed by atoms with E-state index in [2.05, 4.69) is 13.8 Å². The topological polar surface area (TPSA) is 35.2 Å². The summed E-state index contributed by atoms with van der Waals surface area (Å²) in [5, 5.41) is 0.706. The van der Waals surface area contributed by atoms with Crippen molar-refractivity contribution in [1.29, 1.82) is 0 Å². The van der Waals surface area contributed by atoms with Crippen molar-refractivity contribution >= 4 is 11.6 Å². The Hall–Kier alpha value is -0.730. The highest BCUT2D eigenvalue weighted by molar-refractivity contribution is 6.30. The summed E-state index contributed by atoms with van der Waals surface area (Å²) in [5.74, 6) is 1.29. The van der Waals surface area contributed by atoms with Gasteiger partial charge in [0.1, 0.15) is 5.75 Å². The van der Waals surface area contributed by atoms with Crippen molar-refractivity contribution in [3.05, 3.63) is 28.8 Å². The lowest BCUT2D eigenvalue weighted by Crippen LogP contribution is -2.21. The van der Waals surface area contributed by atoms with Crippen LogP contribution in [0.4, 0.5) is 0 Å². The summed E-state index contributed by atoms with van der Waals surface area (Å²) in [6, 6.07) is 5.59. The molecule has 3 heteroatoms. The molecule has 0 heterocycles. The smallest absolute Gasteiger partial charge is 0.123 e. The van der Waals surface area contributed by atoms with E-state index >= 15 is 0 Å². The van der Waals surface area contributed by atoms with Crippen LogP contribution < -0.4 is 10.5 Å². The number of benzene rings is 1. The molecule has 0 aliphatic carbocycles. The maximum atomic E-state index is 6.27. The van der Waals surface area contributed by atoms with Crippen LogP contribution in [-0.4, -0.2) is 7.11 Å². The lowest BCUT2D eigenvalue weighted by Gasteiger charge is -2.23. The zero-order chi connectivity index (χ0) is 12.1. The molecule has 1 unspecified atom stereocenters. The number of hydrogen-bond acceptors (Lipinski definition) is 2. The molecule has 0 aliphatic heterocycles. The van der Waals surface area contributed by atoms with Crippen LogP contribution >= 0.6 is 11.6 Å². The fraction of sp³-hybridized carbons (Fsp3) is 0.538. The molecular weight excluding hydrogens is 222 g/mol. The van der Waals surface area contributed by atoms with Crippen molar-refractivity contribution in [1.82, 2.24) is 0 Å². The highest BCUT2D eigenvalue weighted by atomic mass is 35.5. The van der Waals surface area contributed by atoms with Gasteiger partial charge in [-0.25, -0.2) is 0 Å². The van der Waals surface area contributed by atoms with Crippen LogP contribution in [0.25, 0.3) is 0 Å². The fourth-order valence-corrected chi connectivity index (χ4v) is 2.20. The molecule has 1 rings (SSSR count). The van der Waals surface area contributed by atoms with Crippen molar-refractivity contribution in [3.8, 4) is 5.75 Å². The molecule has 0 saturated carbocycles. The molecule has 2 nitrogen and oxygen atoms in total. The highest BCUT2D eigenvalue weighted by Crippen LogP contribution is 2.33. The van der Waals surface area contributed by atoms with Gasteiger partial charge in [0.05, 0.1) is 7.11 Å². The normalized spacial score (nSPS) is 12.9. The molecule has 2 N–H and O–H groups in total. The van der Waals surface area contributed by atoms with Crippen molar-refractivity contribution in [3.63, 3.8) is 0 Å². The van der Waals surface area contributed by atoms with Crippen LogP contribution in [0.3, 0.4) is 0 Å². The van der Waals surface area contributed by atoms with E-state index in [-0.39, 0.29) is 6.04 Å².